The van der Waals surface area contributed by atoms with E-state index in [9.17, 15) is 24.0 Å². The van der Waals surface area contributed by atoms with Crippen LogP contribution in [0.5, 0.6) is 0 Å². The van der Waals surface area contributed by atoms with Gasteiger partial charge in [-0.2, -0.15) is 0 Å². The average Bonchev–Trinajstić information content (AvgIpc) is 2.71. The molecule has 0 saturated heterocycles. The molecule has 0 fully saturated rings. The molecule has 7 N–H and O–H groups in total. The molecular weight excluding hydrogens is 443 g/mol. The van der Waals surface area contributed by atoms with Crippen LogP contribution in [0.4, 0.5) is 5.69 Å². The van der Waals surface area contributed by atoms with E-state index in [0.29, 0.717) is 5.69 Å². The summed E-state index contributed by atoms with van der Waals surface area (Å²) in [5.41, 5.74) is 5.97. The summed E-state index contributed by atoms with van der Waals surface area (Å²) in [5.74, 6) is -4.19. The topological polar surface area (TPSA) is 188 Å². The molecule has 2 radical (unpaired) electrons. The first kappa shape index (κ1) is 26.4. The Morgan fingerprint density at radius 2 is 1.77 bits per heavy atom. The molecule has 2 atom stereocenters. The number of hydrogen-bond donors (Lipinski definition) is 6. The van der Waals surface area contributed by atoms with Crippen molar-refractivity contribution >= 4 is 67.8 Å². The van der Waals surface area contributed by atoms with Crippen LogP contribution in [-0.4, -0.2) is 86.3 Å². The molecule has 0 aliphatic heterocycles. The minimum absolute atomic E-state index is 0.00187. The lowest BCUT2D eigenvalue weighted by Crippen LogP contribution is -2.49. The number of amides is 3. The third-order valence-electron chi connectivity index (χ3n) is 3.82. The largest absolute Gasteiger partial charge is 0.480 e. The number of benzene rings is 1. The average molecular weight is 466 g/mol. The summed E-state index contributed by atoms with van der Waals surface area (Å²) in [6.07, 6.45) is -0.360. The van der Waals surface area contributed by atoms with Gasteiger partial charge in [0.15, 0.2) is 16.3 Å². The molecule has 3 amide bonds. The second kappa shape index (κ2) is 13.7. The van der Waals surface area contributed by atoms with E-state index in [2.05, 4.69) is 32.2 Å². The number of carboxylic acid groups (broad SMARTS) is 2. The Bertz CT molecular complexity index is 824. The maximum absolute atomic E-state index is 12.2. The molecule has 1 aromatic rings. The zero-order chi connectivity index (χ0) is 23.4. The fourth-order valence-electron chi connectivity index (χ4n) is 2.21. The molecule has 0 aliphatic carbocycles. The number of thioether (sulfide) groups is 1. The SMILES string of the molecule is NC(CCC(=O)NC(CSCC(=O)Nc1cccc[c]1[Al])C(=O)NCC(=O)O)C(=O)O. The predicted octanol–water partition coefficient (Wildman–Crippen LogP) is -1.97. The quantitative estimate of drug-likeness (QED) is 0.179. The highest BCUT2D eigenvalue weighted by molar-refractivity contribution is 8.00. The first-order chi connectivity index (χ1) is 14.6. The molecule has 1 aromatic carbocycles. The number of para-hydroxylation sites is 1. The van der Waals surface area contributed by atoms with Gasteiger partial charge in [0.25, 0.3) is 0 Å². The van der Waals surface area contributed by atoms with Crippen molar-refractivity contribution in [3.63, 3.8) is 0 Å². The van der Waals surface area contributed by atoms with Crippen LogP contribution < -0.4 is 26.1 Å². The van der Waals surface area contributed by atoms with Gasteiger partial charge in [0.1, 0.15) is 18.6 Å². The van der Waals surface area contributed by atoms with Crippen LogP contribution in [0.2, 0.25) is 0 Å². The molecule has 0 saturated carbocycles. The number of carboxylic acids is 2. The zero-order valence-electron chi connectivity index (χ0n) is 16.5. The van der Waals surface area contributed by atoms with Gasteiger partial charge in [0.05, 0.1) is 5.75 Å². The number of aliphatic carboxylic acids is 2. The van der Waals surface area contributed by atoms with Crippen LogP contribution in [-0.2, 0) is 24.0 Å². The number of hydrogen-bond acceptors (Lipinski definition) is 7. The summed E-state index contributed by atoms with van der Waals surface area (Å²) in [6, 6.07) is 4.80. The van der Waals surface area contributed by atoms with Crippen molar-refractivity contribution in [2.75, 3.05) is 23.4 Å². The smallest absolute Gasteiger partial charge is 0.322 e. The van der Waals surface area contributed by atoms with Crippen LogP contribution in [0.15, 0.2) is 24.3 Å². The third-order valence-corrected chi connectivity index (χ3v) is 5.36. The second-order valence-electron chi connectivity index (χ2n) is 6.37. The number of anilines is 1. The van der Waals surface area contributed by atoms with E-state index in [4.69, 9.17) is 15.9 Å². The molecule has 0 bridgehead atoms. The van der Waals surface area contributed by atoms with E-state index in [-0.39, 0.29) is 30.3 Å². The summed E-state index contributed by atoms with van der Waals surface area (Å²) in [4.78, 5) is 57.8. The van der Waals surface area contributed by atoms with E-state index in [1.807, 2.05) is 12.1 Å². The van der Waals surface area contributed by atoms with Gasteiger partial charge in [-0.25, -0.2) is 0 Å². The highest BCUT2D eigenvalue weighted by Crippen LogP contribution is 2.08. The Balaban J connectivity index is 2.60. The Kier molecular flexibility index (Phi) is 11.7. The van der Waals surface area contributed by atoms with Crippen molar-refractivity contribution in [2.45, 2.75) is 24.9 Å². The minimum atomic E-state index is -1.26. The lowest BCUT2D eigenvalue weighted by atomic mass is 10.1. The van der Waals surface area contributed by atoms with Crippen molar-refractivity contribution in [3.05, 3.63) is 24.3 Å². The molecule has 11 nitrogen and oxygen atoms in total. The van der Waals surface area contributed by atoms with Gasteiger partial charge in [-0.3, -0.25) is 24.0 Å². The molecular formula is C18H23AlN4O7S. The number of nitrogens with one attached hydrogen (secondary N) is 3. The van der Waals surface area contributed by atoms with Crippen molar-refractivity contribution in [2.24, 2.45) is 5.73 Å². The standard InChI is InChI=1S/C18H23N4O7S.Al/c19-12(18(28)29)6-7-14(23)22-13(17(27)20-8-16(25)26)9-30-10-15(24)21-11-4-2-1-3-5-11;/h1-4,12-13H,6-10,19H2,(H,20,27)(H,21,24)(H,22,23)(H,25,26)(H,28,29);. The number of rotatable bonds is 13. The van der Waals surface area contributed by atoms with Gasteiger partial charge < -0.3 is 31.9 Å². The van der Waals surface area contributed by atoms with Gasteiger partial charge in [-0.05, 0) is 12.5 Å². The molecule has 0 aromatic heterocycles. The third kappa shape index (κ3) is 10.8. The van der Waals surface area contributed by atoms with E-state index in [0.717, 1.165) is 16.2 Å². The van der Waals surface area contributed by atoms with Crippen LogP contribution in [0.3, 0.4) is 0 Å². The molecule has 0 aliphatic rings. The van der Waals surface area contributed by atoms with E-state index < -0.39 is 42.4 Å². The normalized spacial score (nSPS) is 12.3. The molecule has 13 heteroatoms. The molecule has 0 spiro atoms. The molecule has 166 valence electrons. The van der Waals surface area contributed by atoms with Crippen molar-refractivity contribution < 1.29 is 34.2 Å². The fourth-order valence-corrected chi connectivity index (χ4v) is 3.34. The molecule has 1 rings (SSSR count). The van der Waals surface area contributed by atoms with E-state index in [1.165, 1.54) is 0 Å². The highest BCUT2D eigenvalue weighted by Gasteiger charge is 2.23. The van der Waals surface area contributed by atoms with Crippen molar-refractivity contribution in [3.8, 4) is 0 Å². The Hall–Kier alpha value is -2.59. The predicted molar refractivity (Wildman–Crippen MR) is 115 cm³/mol. The van der Waals surface area contributed by atoms with Crippen molar-refractivity contribution in [1.29, 1.82) is 0 Å². The zero-order valence-corrected chi connectivity index (χ0v) is 18.5. The summed E-state index contributed by atoms with van der Waals surface area (Å²) in [6.45, 7) is -0.634. The monoisotopic (exact) mass is 466 g/mol. The number of carbonyl (C=O) groups is 5. The summed E-state index contributed by atoms with van der Waals surface area (Å²) < 4.78 is 0.804. The number of nitrogens with two attached hydrogens (primary N) is 1. The minimum Gasteiger partial charge on any atom is -0.480 e. The maximum Gasteiger partial charge on any atom is 0.322 e. The van der Waals surface area contributed by atoms with Crippen LogP contribution in [0.1, 0.15) is 12.8 Å². The van der Waals surface area contributed by atoms with Gasteiger partial charge >= 0.3 is 11.9 Å². The van der Waals surface area contributed by atoms with Gasteiger partial charge in [-0.15, -0.1) is 16.2 Å². The van der Waals surface area contributed by atoms with E-state index in [1.54, 1.807) is 12.1 Å². The Morgan fingerprint density at radius 1 is 1.10 bits per heavy atom. The molecule has 31 heavy (non-hydrogen) atoms. The second-order valence-corrected chi connectivity index (χ2v) is 8.02. The van der Waals surface area contributed by atoms with Gasteiger partial charge in [0.2, 0.25) is 17.7 Å². The Morgan fingerprint density at radius 3 is 2.39 bits per heavy atom. The number of carbonyl (C=O) groups excluding carboxylic acids is 3. The summed E-state index contributed by atoms with van der Waals surface area (Å²) >= 11 is 3.56. The first-order valence-corrected chi connectivity index (χ1v) is 10.8. The van der Waals surface area contributed by atoms with E-state index >= 15 is 0 Å². The maximum atomic E-state index is 12.2. The molecule has 2 unspecified atom stereocenters. The summed E-state index contributed by atoms with van der Waals surface area (Å²) in [5, 5.41) is 24.8. The van der Waals surface area contributed by atoms with Crippen molar-refractivity contribution in [1.82, 2.24) is 10.6 Å². The van der Waals surface area contributed by atoms with Gasteiger partial charge in [-0.1, -0.05) is 18.2 Å². The van der Waals surface area contributed by atoms with Crippen LogP contribution >= 0.6 is 11.8 Å². The highest BCUT2D eigenvalue weighted by atomic mass is 32.2. The van der Waals surface area contributed by atoms with Crippen LogP contribution in [0.25, 0.3) is 0 Å². The lowest BCUT2D eigenvalue weighted by Gasteiger charge is -2.18. The summed E-state index contributed by atoms with van der Waals surface area (Å²) in [7, 11) is 0. The van der Waals surface area contributed by atoms with Gasteiger partial charge in [0, 0.05) is 17.9 Å². The molecule has 0 heterocycles. The Labute approximate surface area is 190 Å². The van der Waals surface area contributed by atoms with Crippen LogP contribution in [0, 0.1) is 0 Å². The lowest BCUT2D eigenvalue weighted by molar-refractivity contribution is -0.139. The fraction of sp³-hybridized carbons (Fsp3) is 0.389. The first-order valence-electron chi connectivity index (χ1n) is 9.09.